The minimum Gasteiger partial charge on any atom is -0.507 e. The van der Waals surface area contributed by atoms with Gasteiger partial charge in [0.25, 0.3) is 0 Å². The van der Waals surface area contributed by atoms with Crippen molar-refractivity contribution in [1.82, 2.24) is 0 Å². The molecule has 1 rings (SSSR count). The van der Waals surface area contributed by atoms with Gasteiger partial charge < -0.3 is 19.7 Å². The van der Waals surface area contributed by atoms with Crippen LogP contribution in [0.3, 0.4) is 0 Å². The summed E-state index contributed by atoms with van der Waals surface area (Å²) >= 11 is 0. The van der Waals surface area contributed by atoms with Gasteiger partial charge in [-0.1, -0.05) is 12.2 Å². The number of aromatic hydroxyl groups is 2. The fraction of sp³-hybridized carbons (Fsp3) is 0.438. The standard InChI is InChI=1S/C16H22O5/c1-10-11(2)15(18)13(12(3)14(10)17)8-6-5-7-9-21-16(19)20-4/h5,7,17-18H,6,8-9H2,1-4H3. The molecule has 0 heterocycles. The second-order valence-corrected chi connectivity index (χ2v) is 4.83. The van der Waals surface area contributed by atoms with E-state index in [1.165, 1.54) is 7.11 Å². The number of rotatable bonds is 5. The van der Waals surface area contributed by atoms with Crippen molar-refractivity contribution in [2.75, 3.05) is 13.7 Å². The molecule has 0 saturated carbocycles. The third-order valence-corrected chi connectivity index (χ3v) is 3.56. The summed E-state index contributed by atoms with van der Waals surface area (Å²) in [4.78, 5) is 10.7. The molecule has 0 radical (unpaired) electrons. The average molecular weight is 294 g/mol. The van der Waals surface area contributed by atoms with E-state index in [9.17, 15) is 15.0 Å². The number of phenols is 2. The highest BCUT2D eigenvalue weighted by Crippen LogP contribution is 2.36. The number of allylic oxidation sites excluding steroid dienone is 1. The molecule has 0 bridgehead atoms. The Balaban J connectivity index is 2.65. The van der Waals surface area contributed by atoms with Crippen molar-refractivity contribution in [3.05, 3.63) is 34.4 Å². The molecule has 21 heavy (non-hydrogen) atoms. The Hall–Kier alpha value is -2.17. The monoisotopic (exact) mass is 294 g/mol. The number of carbonyl (C=O) groups is 1. The van der Waals surface area contributed by atoms with Crippen molar-refractivity contribution in [1.29, 1.82) is 0 Å². The second kappa shape index (κ2) is 7.57. The van der Waals surface area contributed by atoms with Gasteiger partial charge in [-0.05, 0) is 50.3 Å². The van der Waals surface area contributed by atoms with Crippen LogP contribution >= 0.6 is 0 Å². The molecular weight excluding hydrogens is 272 g/mol. The topological polar surface area (TPSA) is 76.0 Å². The molecule has 0 saturated heterocycles. The maximum absolute atomic E-state index is 10.7. The first-order chi connectivity index (χ1) is 9.90. The lowest BCUT2D eigenvalue weighted by atomic mass is 9.94. The number of phenolic OH excluding ortho intramolecular Hbond substituents is 2. The van der Waals surface area contributed by atoms with Gasteiger partial charge in [0, 0.05) is 5.56 Å². The zero-order valence-electron chi connectivity index (χ0n) is 12.9. The van der Waals surface area contributed by atoms with Crippen molar-refractivity contribution in [2.24, 2.45) is 0 Å². The molecule has 0 atom stereocenters. The predicted octanol–water partition coefficient (Wildman–Crippen LogP) is 3.29. The molecular formula is C16H22O5. The first kappa shape index (κ1) is 16.9. The third-order valence-electron chi connectivity index (χ3n) is 3.56. The summed E-state index contributed by atoms with van der Waals surface area (Å²) in [6.07, 6.45) is 4.12. The number of methoxy groups -OCH3 is 1. The molecule has 0 spiro atoms. The molecule has 5 heteroatoms. The van der Waals surface area contributed by atoms with Crippen LogP contribution in [0.2, 0.25) is 0 Å². The maximum Gasteiger partial charge on any atom is 0.508 e. The van der Waals surface area contributed by atoms with Gasteiger partial charge in [0.1, 0.15) is 18.1 Å². The third kappa shape index (κ3) is 4.15. The Kier molecular flexibility index (Phi) is 6.09. The van der Waals surface area contributed by atoms with Gasteiger partial charge in [-0.25, -0.2) is 4.79 Å². The van der Waals surface area contributed by atoms with Crippen LogP contribution in [0.25, 0.3) is 0 Å². The zero-order valence-corrected chi connectivity index (χ0v) is 12.9. The molecule has 0 aliphatic carbocycles. The van der Waals surface area contributed by atoms with Gasteiger partial charge in [0.15, 0.2) is 0 Å². The normalized spacial score (nSPS) is 10.9. The molecule has 0 aliphatic heterocycles. The molecule has 116 valence electrons. The van der Waals surface area contributed by atoms with Crippen LogP contribution in [0.5, 0.6) is 11.5 Å². The lowest BCUT2D eigenvalue weighted by molar-refractivity contribution is 0.0817. The summed E-state index contributed by atoms with van der Waals surface area (Å²) in [7, 11) is 1.25. The Morgan fingerprint density at radius 3 is 2.29 bits per heavy atom. The molecule has 0 amide bonds. The van der Waals surface area contributed by atoms with Crippen molar-refractivity contribution in [2.45, 2.75) is 33.6 Å². The van der Waals surface area contributed by atoms with E-state index in [4.69, 9.17) is 4.74 Å². The number of carbonyl (C=O) groups excluding carboxylic acids is 1. The first-order valence-electron chi connectivity index (χ1n) is 6.76. The van der Waals surface area contributed by atoms with Crippen LogP contribution in [-0.2, 0) is 15.9 Å². The summed E-state index contributed by atoms with van der Waals surface area (Å²) in [5.74, 6) is 0.473. The largest absolute Gasteiger partial charge is 0.508 e. The first-order valence-corrected chi connectivity index (χ1v) is 6.76. The SMILES string of the molecule is COC(=O)OCC=CCCc1c(C)c(O)c(C)c(C)c1O. The van der Waals surface area contributed by atoms with Gasteiger partial charge in [-0.2, -0.15) is 0 Å². The van der Waals surface area contributed by atoms with Gasteiger partial charge >= 0.3 is 6.16 Å². The number of hydrogen-bond acceptors (Lipinski definition) is 5. The van der Waals surface area contributed by atoms with Crippen LogP contribution in [0.4, 0.5) is 4.79 Å². The molecule has 0 aromatic heterocycles. The molecule has 0 fully saturated rings. The molecule has 0 unspecified atom stereocenters. The Bertz CT molecular complexity index is 517. The molecule has 1 aromatic carbocycles. The van der Waals surface area contributed by atoms with E-state index < -0.39 is 6.16 Å². The Labute approximate surface area is 124 Å². The van der Waals surface area contributed by atoms with Crippen LogP contribution in [-0.4, -0.2) is 30.1 Å². The van der Waals surface area contributed by atoms with E-state index in [0.29, 0.717) is 29.5 Å². The van der Waals surface area contributed by atoms with Crippen molar-refractivity contribution in [3.8, 4) is 11.5 Å². The minimum absolute atomic E-state index is 0.149. The maximum atomic E-state index is 10.7. The summed E-state index contributed by atoms with van der Waals surface area (Å²) in [6.45, 7) is 5.51. The molecule has 5 nitrogen and oxygen atoms in total. The molecule has 2 N–H and O–H groups in total. The summed E-state index contributed by atoms with van der Waals surface area (Å²) in [5.41, 5.74) is 2.85. The van der Waals surface area contributed by atoms with E-state index in [-0.39, 0.29) is 18.1 Å². The van der Waals surface area contributed by atoms with E-state index in [2.05, 4.69) is 4.74 Å². The van der Waals surface area contributed by atoms with Crippen LogP contribution in [0.15, 0.2) is 12.2 Å². The van der Waals surface area contributed by atoms with Gasteiger partial charge in [-0.15, -0.1) is 0 Å². The summed E-state index contributed by atoms with van der Waals surface area (Å²) < 4.78 is 9.05. The highest BCUT2D eigenvalue weighted by atomic mass is 16.7. The Morgan fingerprint density at radius 2 is 1.67 bits per heavy atom. The minimum atomic E-state index is -0.716. The highest BCUT2D eigenvalue weighted by molar-refractivity contribution is 5.59. The smallest absolute Gasteiger partial charge is 0.507 e. The van der Waals surface area contributed by atoms with Gasteiger partial charge in [0.05, 0.1) is 7.11 Å². The number of hydrogen-bond donors (Lipinski definition) is 2. The second-order valence-electron chi connectivity index (χ2n) is 4.83. The van der Waals surface area contributed by atoms with Crippen molar-refractivity contribution < 1.29 is 24.5 Å². The lowest BCUT2D eigenvalue weighted by Crippen LogP contribution is -2.03. The Morgan fingerprint density at radius 1 is 1.05 bits per heavy atom. The number of ether oxygens (including phenoxy) is 2. The molecule has 0 aliphatic rings. The highest BCUT2D eigenvalue weighted by Gasteiger charge is 2.15. The summed E-state index contributed by atoms with van der Waals surface area (Å²) in [5, 5.41) is 20.2. The average Bonchev–Trinajstić information content (AvgIpc) is 2.49. The van der Waals surface area contributed by atoms with Gasteiger partial charge in [-0.3, -0.25) is 0 Å². The van der Waals surface area contributed by atoms with Crippen LogP contribution in [0, 0.1) is 20.8 Å². The fourth-order valence-electron chi connectivity index (χ4n) is 2.08. The van der Waals surface area contributed by atoms with Crippen LogP contribution in [0.1, 0.15) is 28.7 Å². The van der Waals surface area contributed by atoms with E-state index in [0.717, 1.165) is 5.56 Å². The molecule has 1 aromatic rings. The van der Waals surface area contributed by atoms with E-state index in [1.807, 2.05) is 6.08 Å². The van der Waals surface area contributed by atoms with Crippen molar-refractivity contribution >= 4 is 6.16 Å². The van der Waals surface area contributed by atoms with E-state index in [1.54, 1.807) is 26.8 Å². The fourth-order valence-corrected chi connectivity index (χ4v) is 2.08. The quantitative estimate of drug-likeness (QED) is 0.495. The number of benzene rings is 1. The summed E-state index contributed by atoms with van der Waals surface area (Å²) in [6, 6.07) is 0. The van der Waals surface area contributed by atoms with Crippen molar-refractivity contribution in [3.63, 3.8) is 0 Å². The van der Waals surface area contributed by atoms with Crippen LogP contribution < -0.4 is 0 Å². The predicted molar refractivity (Wildman–Crippen MR) is 79.8 cm³/mol. The zero-order chi connectivity index (χ0) is 16.0. The van der Waals surface area contributed by atoms with Gasteiger partial charge in [0.2, 0.25) is 0 Å². The lowest BCUT2D eigenvalue weighted by Gasteiger charge is -2.15. The van der Waals surface area contributed by atoms with E-state index >= 15 is 0 Å².